The molecule has 14 N–H and O–H groups in total. The Hall–Kier alpha value is -9.39. The van der Waals surface area contributed by atoms with E-state index < -0.39 is 203 Å². The Balaban J connectivity index is 1.70. The monoisotopic (exact) mass is 1570 g/mol. The molecule has 4 rings (SSSR count). The first-order chi connectivity index (χ1) is 52.8. The van der Waals surface area contributed by atoms with E-state index >= 15 is 14.4 Å². The average Bonchev–Trinajstić information content (AvgIpc) is 1.39. The molecular weight excluding hydrogens is 1440 g/mol. The second-order valence-corrected chi connectivity index (χ2v) is 31.9. The molecule has 1 aromatic carbocycles. The quantitative estimate of drug-likeness (QED) is 0.0265. The maximum atomic E-state index is 15.3. The summed E-state index contributed by atoms with van der Waals surface area (Å²) in [5.41, 5.74) is 1.29. The number of aromatic nitrogens is 1. The number of ether oxygens (including phenoxy) is 1. The van der Waals surface area contributed by atoms with Crippen molar-refractivity contribution in [2.45, 2.75) is 287 Å². The van der Waals surface area contributed by atoms with E-state index in [-0.39, 0.29) is 56.7 Å². The molecule has 13 amide bonds. The fourth-order valence-electron chi connectivity index (χ4n) is 13.0. The van der Waals surface area contributed by atoms with Crippen LogP contribution in [0.3, 0.4) is 0 Å². The van der Waals surface area contributed by atoms with Gasteiger partial charge in [-0.05, 0) is 130 Å². The second kappa shape index (κ2) is 46.6. The lowest BCUT2D eigenvalue weighted by atomic mass is 9.95. The standard InChI is InChI=1S/C81H129N15O16/c1-20-49(16)65(77(107)95-68-52(19)112-81(111)64(48(14)15)91-69(99)55(22-3)84-71(101)57(41-53-30-24-23-25-31-53)86-73(103)61(45(8)9)88-76(106)66(50(17)21-2)93-79(68)109)92-70(100)56(32-27-37-83-42-54-35-38-82-39-36-54)85-72(102)58-33-28-40-96(58)80(110)63(47(12)13)90-75(105)62(46(10)11)89-78(108)67(51(18)97)94-74(104)60(44(6)7)87-59(98)34-26-29-43(4)5/h22-25,30-31,35-36,38-39,43-52,56-58,60-68,83,97H,20-21,26-29,32-34,37,40-42H2,1-19H3,(H,84,101)(H,85,102)(H,86,103)(H,87,98)(H,88,106)(H,89,108)(H,90,105)(H,91,99)(H,92,100)(H,93,109)(H,94,104)(H,95,107)/b55-22-/t49-,50-,51-,52+,56-,57-,58+,60-,61+,62+,63-,64-,65+,66+,67+,68+/m0/s1. The first kappa shape index (κ1) is 95.0. The zero-order valence-electron chi connectivity index (χ0n) is 69.1. The van der Waals surface area contributed by atoms with Crippen LogP contribution in [0.5, 0.6) is 0 Å². The molecule has 624 valence electrons. The Morgan fingerprint density at radius 3 is 1.72 bits per heavy atom. The summed E-state index contributed by atoms with van der Waals surface area (Å²) in [6, 6.07) is -4.09. The van der Waals surface area contributed by atoms with Gasteiger partial charge in [0, 0.05) is 38.3 Å². The molecule has 0 unspecified atom stereocenters. The summed E-state index contributed by atoms with van der Waals surface area (Å²) in [6.07, 6.45) is 4.40. The van der Waals surface area contributed by atoms with Gasteiger partial charge in [0.1, 0.15) is 84.3 Å². The molecule has 0 saturated carbocycles. The largest absolute Gasteiger partial charge is 0.458 e. The number of hydrogen-bond donors (Lipinski definition) is 14. The van der Waals surface area contributed by atoms with Crippen molar-refractivity contribution in [3.05, 3.63) is 77.8 Å². The Bertz CT molecular complexity index is 3520. The summed E-state index contributed by atoms with van der Waals surface area (Å²) in [7, 11) is 0. The summed E-state index contributed by atoms with van der Waals surface area (Å²) in [5.74, 6) is -15.1. The van der Waals surface area contributed by atoms with Crippen molar-refractivity contribution < 1.29 is 77.0 Å². The highest BCUT2D eigenvalue weighted by Gasteiger charge is 2.45. The van der Waals surface area contributed by atoms with Gasteiger partial charge >= 0.3 is 5.97 Å². The van der Waals surface area contributed by atoms with Crippen molar-refractivity contribution >= 4 is 82.8 Å². The van der Waals surface area contributed by atoms with Gasteiger partial charge in [-0.25, -0.2) is 4.79 Å². The first-order valence-corrected chi connectivity index (χ1v) is 39.9. The molecule has 3 heterocycles. The number of pyridine rings is 1. The number of carbonyl (C=O) groups is 14. The van der Waals surface area contributed by atoms with Crippen molar-refractivity contribution in [1.29, 1.82) is 0 Å². The number of esters is 1. The molecule has 2 fully saturated rings. The molecule has 1 aromatic heterocycles. The summed E-state index contributed by atoms with van der Waals surface area (Å²) in [6.45, 7) is 32.6. The fourth-order valence-corrected chi connectivity index (χ4v) is 13.0. The Morgan fingerprint density at radius 2 is 1.16 bits per heavy atom. The minimum absolute atomic E-state index is 0.0173. The fraction of sp³-hybridized carbons (Fsp3) is 0.667. The summed E-state index contributed by atoms with van der Waals surface area (Å²) in [4.78, 5) is 208. The lowest BCUT2D eigenvalue weighted by Gasteiger charge is -2.34. The minimum Gasteiger partial charge on any atom is -0.458 e. The summed E-state index contributed by atoms with van der Waals surface area (Å²) >= 11 is 0. The van der Waals surface area contributed by atoms with Crippen LogP contribution in [-0.4, -0.2) is 196 Å². The van der Waals surface area contributed by atoms with Crippen LogP contribution >= 0.6 is 0 Å². The summed E-state index contributed by atoms with van der Waals surface area (Å²) < 4.78 is 6.01. The summed E-state index contributed by atoms with van der Waals surface area (Å²) in [5, 5.41) is 46.9. The molecule has 0 bridgehead atoms. The molecule has 0 radical (unpaired) electrons. The van der Waals surface area contributed by atoms with Crippen LogP contribution < -0.4 is 69.1 Å². The van der Waals surface area contributed by atoms with Crippen molar-refractivity contribution in [1.82, 2.24) is 79.0 Å². The van der Waals surface area contributed by atoms with E-state index in [0.29, 0.717) is 43.8 Å². The number of hydrogen-bond acceptors (Lipinski definition) is 18. The van der Waals surface area contributed by atoms with Crippen molar-refractivity contribution in [3.8, 4) is 0 Å². The Morgan fingerprint density at radius 1 is 0.598 bits per heavy atom. The number of aliphatic hydroxyl groups is 1. The zero-order valence-corrected chi connectivity index (χ0v) is 69.1. The van der Waals surface area contributed by atoms with E-state index in [2.05, 4.69) is 74.1 Å². The van der Waals surface area contributed by atoms with Crippen LogP contribution in [0.4, 0.5) is 0 Å². The molecule has 31 heteroatoms. The van der Waals surface area contributed by atoms with Gasteiger partial charge in [0.05, 0.1) is 6.10 Å². The number of nitrogens with one attached hydrogen (secondary N) is 13. The smallest absolute Gasteiger partial charge is 0.329 e. The van der Waals surface area contributed by atoms with E-state index in [1.807, 2.05) is 26.0 Å². The van der Waals surface area contributed by atoms with Crippen LogP contribution in [-0.2, 0) is 84.8 Å². The molecule has 2 saturated heterocycles. The molecule has 16 atom stereocenters. The normalized spacial score (nSPS) is 21.9. The number of cyclic esters (lactones) is 1. The van der Waals surface area contributed by atoms with E-state index in [1.54, 1.807) is 140 Å². The lowest BCUT2D eigenvalue weighted by molar-refractivity contribution is -0.157. The molecular formula is C81H129N15O16. The Labute approximate surface area is 661 Å². The van der Waals surface area contributed by atoms with Crippen LogP contribution in [0.15, 0.2) is 66.6 Å². The van der Waals surface area contributed by atoms with Gasteiger partial charge in [0.2, 0.25) is 70.9 Å². The number of rotatable bonds is 36. The number of aliphatic hydroxyl groups excluding tert-OH is 1. The van der Waals surface area contributed by atoms with Gasteiger partial charge in [-0.3, -0.25) is 67.3 Å². The maximum absolute atomic E-state index is 15.3. The molecule has 2 aromatic rings. The number of carbonyl (C=O) groups excluding carboxylic acids is 14. The molecule has 31 nitrogen and oxygen atoms in total. The highest BCUT2D eigenvalue weighted by atomic mass is 16.5. The van der Waals surface area contributed by atoms with Crippen LogP contribution in [0.2, 0.25) is 0 Å². The molecule has 2 aliphatic heterocycles. The maximum Gasteiger partial charge on any atom is 0.329 e. The predicted octanol–water partition coefficient (Wildman–Crippen LogP) is 3.06. The highest BCUT2D eigenvalue weighted by Crippen LogP contribution is 2.23. The second-order valence-electron chi connectivity index (χ2n) is 31.9. The van der Waals surface area contributed by atoms with Crippen LogP contribution in [0, 0.1) is 47.3 Å². The van der Waals surface area contributed by atoms with E-state index in [0.717, 1.165) is 12.0 Å². The van der Waals surface area contributed by atoms with Gasteiger partial charge in [0.25, 0.3) is 5.91 Å². The van der Waals surface area contributed by atoms with Gasteiger partial charge in [-0.2, -0.15) is 0 Å². The van der Waals surface area contributed by atoms with Crippen molar-refractivity contribution in [3.63, 3.8) is 0 Å². The van der Waals surface area contributed by atoms with Crippen molar-refractivity contribution in [2.24, 2.45) is 47.3 Å². The van der Waals surface area contributed by atoms with Crippen LogP contribution in [0.1, 0.15) is 200 Å². The highest BCUT2D eigenvalue weighted by molar-refractivity contribution is 6.03. The van der Waals surface area contributed by atoms with Gasteiger partial charge in [-0.15, -0.1) is 0 Å². The van der Waals surface area contributed by atoms with E-state index in [4.69, 9.17) is 4.74 Å². The van der Waals surface area contributed by atoms with Gasteiger partial charge < -0.3 is 83.9 Å². The average molecular weight is 1570 g/mol. The topological polar surface area (TPSA) is 441 Å². The number of likely N-dealkylation sites (tertiary alicyclic amines) is 1. The van der Waals surface area contributed by atoms with Gasteiger partial charge in [-0.1, -0.05) is 166 Å². The third-order valence-electron chi connectivity index (χ3n) is 20.5. The lowest BCUT2D eigenvalue weighted by Crippen LogP contribution is -2.64. The third-order valence-corrected chi connectivity index (χ3v) is 20.5. The number of benzene rings is 1. The number of amides is 13. The van der Waals surface area contributed by atoms with E-state index in [1.165, 1.54) is 31.7 Å². The first-order valence-electron chi connectivity index (χ1n) is 39.9. The predicted molar refractivity (Wildman–Crippen MR) is 422 cm³/mol. The van der Waals surface area contributed by atoms with Crippen LogP contribution in [0.25, 0.3) is 0 Å². The number of nitrogens with zero attached hydrogens (tertiary/aromatic N) is 2. The molecule has 0 spiro atoms. The minimum atomic E-state index is -1.84. The molecule has 0 aliphatic carbocycles. The molecule has 112 heavy (non-hydrogen) atoms. The zero-order chi connectivity index (χ0) is 84.0. The molecule has 2 aliphatic rings. The van der Waals surface area contributed by atoms with Gasteiger partial charge in [0.15, 0.2) is 0 Å². The third kappa shape index (κ3) is 29.3. The Kier molecular flexibility index (Phi) is 39.5. The van der Waals surface area contributed by atoms with E-state index in [9.17, 15) is 57.8 Å². The SMILES string of the molecule is C/C=C1\NC(=O)[C@H](Cc2ccccc2)NC(=O)[C@@H](C(C)C)NC(=O)[C@@H]([C@@H](C)CC)NC(=O)[C@H](NC(=O)[C@H](NC(=O)[C@H](CCCNCc2ccncc2)NC(=O)[C@H]2CCCN2C(=O)[C@@H](NC(=O)[C@H](NC(=O)[C@H](NC(=O)[C@@H](NC(=O)CCCC(C)C)C(C)C)[C@H](C)O)C(C)C)C(C)C)[C@@H](C)CC)[C@@H](C)OC(=O)[C@H](C(C)C)NC1=O. The number of allylic oxidation sites excluding steroid dienone is 1. The van der Waals surface area contributed by atoms with Crippen molar-refractivity contribution in [2.75, 3.05) is 13.1 Å².